The molecule has 0 spiro atoms. The van der Waals surface area contributed by atoms with Crippen LogP contribution in [0.4, 0.5) is 0 Å². The van der Waals surface area contributed by atoms with Crippen LogP contribution in [-0.4, -0.2) is 5.11 Å². The molecule has 1 nitrogen and oxygen atoms in total. The second-order valence-corrected chi connectivity index (χ2v) is 4.12. The number of hydrogen-bond donors (Lipinski definition) is 1. The van der Waals surface area contributed by atoms with Crippen molar-refractivity contribution in [3.8, 4) is 11.1 Å². The maximum atomic E-state index is 9.77. The van der Waals surface area contributed by atoms with Gasteiger partial charge in [-0.1, -0.05) is 48.5 Å². The van der Waals surface area contributed by atoms with Crippen molar-refractivity contribution in [2.45, 2.75) is 13.0 Å². The minimum atomic E-state index is -0.599. The molecular weight excluding hydrogens is 208 g/mol. The van der Waals surface area contributed by atoms with E-state index in [1.54, 1.807) is 6.08 Å². The van der Waals surface area contributed by atoms with E-state index in [9.17, 15) is 5.11 Å². The maximum absolute atomic E-state index is 9.77. The van der Waals surface area contributed by atoms with Gasteiger partial charge in [0.1, 0.15) is 0 Å². The molecule has 0 radical (unpaired) electrons. The Morgan fingerprint density at radius 1 is 1.12 bits per heavy atom. The summed E-state index contributed by atoms with van der Waals surface area (Å²) in [4.78, 5) is 0. The van der Waals surface area contributed by atoms with Gasteiger partial charge >= 0.3 is 0 Å². The summed E-state index contributed by atoms with van der Waals surface area (Å²) in [5, 5.41) is 9.77. The first-order chi connectivity index (χ1) is 8.22. The van der Waals surface area contributed by atoms with Crippen LogP contribution >= 0.6 is 0 Å². The van der Waals surface area contributed by atoms with Crippen molar-refractivity contribution in [2.75, 3.05) is 0 Å². The van der Waals surface area contributed by atoms with E-state index in [1.807, 2.05) is 36.4 Å². The first kappa shape index (κ1) is 11.6. The highest BCUT2D eigenvalue weighted by atomic mass is 16.3. The second kappa shape index (κ2) is 4.98. The molecule has 2 rings (SSSR count). The molecular formula is C16H16O. The molecule has 1 heteroatoms. The molecule has 2 aromatic rings. The number of aryl methyl sites for hydroxylation is 1. The minimum Gasteiger partial charge on any atom is -0.384 e. The molecule has 0 saturated heterocycles. The Balaban J connectivity index is 2.50. The number of rotatable bonds is 3. The Bertz CT molecular complexity index is 514. The van der Waals surface area contributed by atoms with E-state index in [0.717, 1.165) is 11.1 Å². The molecule has 2 aromatic carbocycles. The normalized spacial score (nSPS) is 12.1. The molecule has 0 aliphatic carbocycles. The first-order valence-corrected chi connectivity index (χ1v) is 5.69. The van der Waals surface area contributed by atoms with E-state index in [1.165, 1.54) is 11.1 Å². The zero-order chi connectivity index (χ0) is 12.3. The Morgan fingerprint density at radius 3 is 2.47 bits per heavy atom. The van der Waals surface area contributed by atoms with Crippen LogP contribution in [-0.2, 0) is 0 Å². The van der Waals surface area contributed by atoms with Crippen molar-refractivity contribution < 1.29 is 5.11 Å². The Morgan fingerprint density at radius 2 is 1.82 bits per heavy atom. The number of aliphatic hydroxyl groups is 1. The van der Waals surface area contributed by atoms with Crippen molar-refractivity contribution in [2.24, 2.45) is 0 Å². The molecule has 1 N–H and O–H groups in total. The van der Waals surface area contributed by atoms with Gasteiger partial charge in [0.15, 0.2) is 0 Å². The van der Waals surface area contributed by atoms with Crippen LogP contribution < -0.4 is 0 Å². The van der Waals surface area contributed by atoms with Gasteiger partial charge in [-0.15, -0.1) is 6.58 Å². The molecule has 17 heavy (non-hydrogen) atoms. The lowest BCUT2D eigenvalue weighted by molar-refractivity contribution is 0.229. The van der Waals surface area contributed by atoms with Crippen molar-refractivity contribution >= 4 is 0 Å². The smallest absolute Gasteiger partial charge is 0.0969 e. The molecule has 1 unspecified atom stereocenters. The summed E-state index contributed by atoms with van der Waals surface area (Å²) >= 11 is 0. The lowest BCUT2D eigenvalue weighted by atomic mass is 9.96. The summed E-state index contributed by atoms with van der Waals surface area (Å²) in [5.74, 6) is 0. The van der Waals surface area contributed by atoms with E-state index in [-0.39, 0.29) is 0 Å². The van der Waals surface area contributed by atoms with Crippen LogP contribution in [0.15, 0.2) is 61.2 Å². The average molecular weight is 224 g/mol. The van der Waals surface area contributed by atoms with Crippen LogP contribution in [0.1, 0.15) is 17.2 Å². The van der Waals surface area contributed by atoms with Crippen molar-refractivity contribution in [3.63, 3.8) is 0 Å². The van der Waals surface area contributed by atoms with Gasteiger partial charge in [-0.3, -0.25) is 0 Å². The molecule has 0 aliphatic rings. The summed E-state index contributed by atoms with van der Waals surface area (Å²) in [6.07, 6.45) is 0.942. The van der Waals surface area contributed by atoms with Gasteiger partial charge in [-0.25, -0.2) is 0 Å². The predicted molar refractivity (Wildman–Crippen MR) is 71.8 cm³/mol. The summed E-state index contributed by atoms with van der Waals surface area (Å²) in [6.45, 7) is 5.69. The lowest BCUT2D eigenvalue weighted by Gasteiger charge is -2.11. The van der Waals surface area contributed by atoms with Crippen molar-refractivity contribution in [1.29, 1.82) is 0 Å². The van der Waals surface area contributed by atoms with Gasteiger partial charge in [0.05, 0.1) is 6.10 Å². The molecule has 0 fully saturated rings. The lowest BCUT2D eigenvalue weighted by Crippen LogP contribution is -1.94. The SMILES string of the molecule is C=CC(O)c1ccc(C)c(-c2ccccc2)c1. The highest BCUT2D eigenvalue weighted by molar-refractivity contribution is 5.68. The third-order valence-electron chi connectivity index (χ3n) is 2.91. The van der Waals surface area contributed by atoms with Crippen LogP contribution in [0, 0.1) is 6.92 Å². The van der Waals surface area contributed by atoms with Gasteiger partial charge in [0.25, 0.3) is 0 Å². The standard InChI is InChI=1S/C16H16O/c1-3-16(17)14-10-9-12(2)15(11-14)13-7-5-4-6-8-13/h3-11,16-17H,1H2,2H3. The third kappa shape index (κ3) is 2.45. The van der Waals surface area contributed by atoms with Crippen LogP contribution in [0.3, 0.4) is 0 Å². The number of hydrogen-bond acceptors (Lipinski definition) is 1. The Labute approximate surface area is 102 Å². The first-order valence-electron chi connectivity index (χ1n) is 5.69. The van der Waals surface area contributed by atoms with E-state index in [4.69, 9.17) is 0 Å². The molecule has 0 saturated carbocycles. The van der Waals surface area contributed by atoms with Crippen LogP contribution in [0.2, 0.25) is 0 Å². The van der Waals surface area contributed by atoms with Gasteiger partial charge in [0, 0.05) is 0 Å². The van der Waals surface area contributed by atoms with Crippen LogP contribution in [0.25, 0.3) is 11.1 Å². The summed E-state index contributed by atoms with van der Waals surface area (Å²) < 4.78 is 0. The van der Waals surface area contributed by atoms with E-state index >= 15 is 0 Å². The fourth-order valence-electron chi connectivity index (χ4n) is 1.89. The molecule has 0 aliphatic heterocycles. The zero-order valence-electron chi connectivity index (χ0n) is 9.93. The molecule has 0 amide bonds. The van der Waals surface area contributed by atoms with Gasteiger partial charge in [-0.05, 0) is 35.2 Å². The summed E-state index contributed by atoms with van der Waals surface area (Å²) in [5.41, 5.74) is 4.41. The highest BCUT2D eigenvalue weighted by Crippen LogP contribution is 2.26. The maximum Gasteiger partial charge on any atom is 0.0969 e. The quantitative estimate of drug-likeness (QED) is 0.784. The minimum absolute atomic E-state index is 0.599. The Hall–Kier alpha value is -1.86. The van der Waals surface area contributed by atoms with Crippen LogP contribution in [0.5, 0.6) is 0 Å². The molecule has 0 heterocycles. The van der Waals surface area contributed by atoms with E-state index in [2.05, 4.69) is 25.6 Å². The van der Waals surface area contributed by atoms with Gasteiger partial charge < -0.3 is 5.11 Å². The van der Waals surface area contributed by atoms with Crippen molar-refractivity contribution in [3.05, 3.63) is 72.3 Å². The molecule has 86 valence electrons. The van der Waals surface area contributed by atoms with Crippen molar-refractivity contribution in [1.82, 2.24) is 0 Å². The van der Waals surface area contributed by atoms with E-state index in [0.29, 0.717) is 0 Å². The second-order valence-electron chi connectivity index (χ2n) is 4.12. The fourth-order valence-corrected chi connectivity index (χ4v) is 1.89. The number of benzene rings is 2. The topological polar surface area (TPSA) is 20.2 Å². The molecule has 1 atom stereocenters. The van der Waals surface area contributed by atoms with E-state index < -0.39 is 6.10 Å². The summed E-state index contributed by atoms with van der Waals surface area (Å²) in [7, 11) is 0. The average Bonchev–Trinajstić information content (AvgIpc) is 2.39. The number of aliphatic hydroxyl groups excluding tert-OH is 1. The van der Waals surface area contributed by atoms with Gasteiger partial charge in [0.2, 0.25) is 0 Å². The Kier molecular flexibility index (Phi) is 3.40. The summed E-state index contributed by atoms with van der Waals surface area (Å²) in [6, 6.07) is 16.2. The predicted octanol–water partition coefficient (Wildman–Crippen LogP) is 3.88. The highest BCUT2D eigenvalue weighted by Gasteiger charge is 2.07. The monoisotopic (exact) mass is 224 g/mol. The zero-order valence-corrected chi connectivity index (χ0v) is 9.93. The molecule has 0 bridgehead atoms. The molecule has 0 aromatic heterocycles. The third-order valence-corrected chi connectivity index (χ3v) is 2.91. The van der Waals surface area contributed by atoms with Gasteiger partial charge in [-0.2, -0.15) is 0 Å². The largest absolute Gasteiger partial charge is 0.384 e. The fraction of sp³-hybridized carbons (Fsp3) is 0.125.